The zero-order valence-electron chi connectivity index (χ0n) is 9.79. The second-order valence-corrected chi connectivity index (χ2v) is 4.81. The number of hydrogen-bond donors (Lipinski definition) is 0. The van der Waals surface area contributed by atoms with Crippen LogP contribution in [0.25, 0.3) is 0 Å². The van der Waals surface area contributed by atoms with Gasteiger partial charge in [0, 0.05) is 24.3 Å². The molecule has 88 valence electrons. The Morgan fingerprint density at radius 2 is 2.19 bits per heavy atom. The van der Waals surface area contributed by atoms with Gasteiger partial charge in [-0.2, -0.15) is 0 Å². The minimum Gasteiger partial charge on any atom is -0.383 e. The van der Waals surface area contributed by atoms with Crippen LogP contribution in [-0.2, 0) is 4.74 Å². The highest BCUT2D eigenvalue weighted by Crippen LogP contribution is 2.17. The third-order valence-electron chi connectivity index (χ3n) is 2.41. The summed E-state index contributed by atoms with van der Waals surface area (Å²) >= 11 is 2.19. The first-order chi connectivity index (χ1) is 7.57. The van der Waals surface area contributed by atoms with Crippen LogP contribution in [0.4, 0.5) is 0 Å². The number of benzene rings is 1. The molecule has 0 fully saturated rings. The smallest absolute Gasteiger partial charge is 0.255 e. The van der Waals surface area contributed by atoms with Crippen LogP contribution in [0.2, 0.25) is 0 Å². The van der Waals surface area contributed by atoms with E-state index in [1.807, 2.05) is 25.1 Å². The number of ether oxygens (including phenoxy) is 1. The van der Waals surface area contributed by atoms with Gasteiger partial charge in [-0.1, -0.05) is 12.1 Å². The number of nitrogens with zero attached hydrogens (tertiary/aromatic N) is 1. The fourth-order valence-corrected chi connectivity index (χ4v) is 2.29. The molecule has 0 heterocycles. The molecule has 16 heavy (non-hydrogen) atoms. The number of amides is 1. The van der Waals surface area contributed by atoms with Crippen LogP contribution in [0.3, 0.4) is 0 Å². The predicted molar refractivity (Wildman–Crippen MR) is 72.7 cm³/mol. The number of carbonyl (C=O) groups is 1. The molecule has 0 N–H and O–H groups in total. The van der Waals surface area contributed by atoms with Crippen molar-refractivity contribution in [2.45, 2.75) is 6.92 Å². The molecule has 0 atom stereocenters. The lowest BCUT2D eigenvalue weighted by molar-refractivity contribution is 0.0742. The van der Waals surface area contributed by atoms with Gasteiger partial charge in [-0.3, -0.25) is 4.79 Å². The summed E-state index contributed by atoms with van der Waals surface area (Å²) < 4.78 is 5.96. The normalized spacial score (nSPS) is 10.2. The molecule has 0 saturated heterocycles. The Morgan fingerprint density at radius 1 is 1.50 bits per heavy atom. The highest BCUT2D eigenvalue weighted by Gasteiger charge is 2.16. The SMILES string of the molecule is COCCN(C)C(=O)c1c(C)cccc1I. The summed E-state index contributed by atoms with van der Waals surface area (Å²) in [7, 11) is 3.43. The molecule has 0 spiro atoms. The van der Waals surface area contributed by atoms with Crippen molar-refractivity contribution in [2.24, 2.45) is 0 Å². The molecule has 1 aromatic rings. The Hall–Kier alpha value is -0.620. The van der Waals surface area contributed by atoms with Crippen LogP contribution in [0, 0.1) is 10.5 Å². The van der Waals surface area contributed by atoms with Gasteiger partial charge in [0.05, 0.1) is 12.2 Å². The maximum Gasteiger partial charge on any atom is 0.255 e. The molecule has 0 saturated carbocycles. The van der Waals surface area contributed by atoms with Gasteiger partial charge in [-0.25, -0.2) is 0 Å². The number of likely N-dealkylation sites (N-methyl/N-ethyl adjacent to an activating group) is 1. The van der Waals surface area contributed by atoms with Gasteiger partial charge in [-0.05, 0) is 41.1 Å². The van der Waals surface area contributed by atoms with E-state index in [0.29, 0.717) is 13.2 Å². The van der Waals surface area contributed by atoms with Crippen LogP contribution >= 0.6 is 22.6 Å². The maximum atomic E-state index is 12.2. The number of rotatable bonds is 4. The highest BCUT2D eigenvalue weighted by atomic mass is 127. The van der Waals surface area contributed by atoms with Crippen molar-refractivity contribution >= 4 is 28.5 Å². The van der Waals surface area contributed by atoms with E-state index in [4.69, 9.17) is 4.74 Å². The fourth-order valence-electron chi connectivity index (χ4n) is 1.42. The summed E-state index contributed by atoms with van der Waals surface area (Å²) in [6.45, 7) is 3.13. The molecule has 0 aliphatic carbocycles. The minimum atomic E-state index is 0.0551. The van der Waals surface area contributed by atoms with Gasteiger partial charge in [0.1, 0.15) is 0 Å². The average Bonchev–Trinajstić information content (AvgIpc) is 2.25. The van der Waals surface area contributed by atoms with Crippen molar-refractivity contribution in [1.29, 1.82) is 0 Å². The molecule has 0 aliphatic heterocycles. The van der Waals surface area contributed by atoms with E-state index in [2.05, 4.69) is 22.6 Å². The molecule has 1 amide bonds. The molecule has 0 bridgehead atoms. The zero-order chi connectivity index (χ0) is 12.1. The lowest BCUT2D eigenvalue weighted by atomic mass is 10.1. The molecule has 1 rings (SSSR count). The summed E-state index contributed by atoms with van der Waals surface area (Å²) in [6.07, 6.45) is 0. The molecule has 0 radical (unpaired) electrons. The van der Waals surface area contributed by atoms with Crippen molar-refractivity contribution in [1.82, 2.24) is 4.90 Å². The molecule has 3 nitrogen and oxygen atoms in total. The summed E-state index contributed by atoms with van der Waals surface area (Å²) in [5.41, 5.74) is 1.81. The Balaban J connectivity index is 2.87. The van der Waals surface area contributed by atoms with E-state index in [1.54, 1.807) is 19.1 Å². The number of aryl methyl sites for hydroxylation is 1. The van der Waals surface area contributed by atoms with E-state index < -0.39 is 0 Å². The minimum absolute atomic E-state index is 0.0551. The Labute approximate surface area is 110 Å². The van der Waals surface area contributed by atoms with Crippen LogP contribution in [0.15, 0.2) is 18.2 Å². The quantitative estimate of drug-likeness (QED) is 0.792. The average molecular weight is 333 g/mol. The van der Waals surface area contributed by atoms with Gasteiger partial charge < -0.3 is 9.64 Å². The van der Waals surface area contributed by atoms with Crippen molar-refractivity contribution < 1.29 is 9.53 Å². The van der Waals surface area contributed by atoms with Gasteiger partial charge in [0.15, 0.2) is 0 Å². The summed E-state index contributed by atoms with van der Waals surface area (Å²) in [6, 6.07) is 5.87. The van der Waals surface area contributed by atoms with Crippen molar-refractivity contribution in [3.8, 4) is 0 Å². The maximum absolute atomic E-state index is 12.2. The molecule has 0 aliphatic rings. The molecule has 4 heteroatoms. The second-order valence-electron chi connectivity index (χ2n) is 3.65. The topological polar surface area (TPSA) is 29.5 Å². The van der Waals surface area contributed by atoms with Crippen molar-refractivity contribution in [3.63, 3.8) is 0 Å². The standard InChI is InChI=1S/C12H16INO2/c1-9-5-4-6-10(13)11(9)12(15)14(2)7-8-16-3/h4-6H,7-8H2,1-3H3. The summed E-state index contributed by atoms with van der Waals surface area (Å²) in [5, 5.41) is 0. The third-order valence-corrected chi connectivity index (χ3v) is 3.31. The first-order valence-corrected chi connectivity index (χ1v) is 6.15. The number of halogens is 1. The Kier molecular flexibility index (Phi) is 5.21. The zero-order valence-corrected chi connectivity index (χ0v) is 11.9. The van der Waals surface area contributed by atoms with E-state index >= 15 is 0 Å². The van der Waals surface area contributed by atoms with Gasteiger partial charge in [-0.15, -0.1) is 0 Å². The van der Waals surface area contributed by atoms with E-state index in [1.165, 1.54) is 0 Å². The monoisotopic (exact) mass is 333 g/mol. The molecular formula is C12H16INO2. The van der Waals surface area contributed by atoms with Crippen molar-refractivity contribution in [3.05, 3.63) is 32.9 Å². The molecule has 0 unspecified atom stereocenters. The summed E-state index contributed by atoms with van der Waals surface area (Å²) in [4.78, 5) is 13.8. The largest absolute Gasteiger partial charge is 0.383 e. The van der Waals surface area contributed by atoms with Crippen LogP contribution in [-0.4, -0.2) is 38.1 Å². The van der Waals surface area contributed by atoms with Crippen molar-refractivity contribution in [2.75, 3.05) is 27.3 Å². The van der Waals surface area contributed by atoms with Gasteiger partial charge in [0.25, 0.3) is 5.91 Å². The van der Waals surface area contributed by atoms with Crippen LogP contribution in [0.5, 0.6) is 0 Å². The summed E-state index contributed by atoms with van der Waals surface area (Å²) in [5.74, 6) is 0.0551. The molecular weight excluding hydrogens is 317 g/mol. The van der Waals surface area contributed by atoms with E-state index in [0.717, 1.165) is 14.7 Å². The van der Waals surface area contributed by atoms with Gasteiger partial charge >= 0.3 is 0 Å². The van der Waals surface area contributed by atoms with Gasteiger partial charge in [0.2, 0.25) is 0 Å². The van der Waals surface area contributed by atoms with E-state index in [-0.39, 0.29) is 5.91 Å². The lowest BCUT2D eigenvalue weighted by Gasteiger charge is -2.18. The Morgan fingerprint density at radius 3 is 2.75 bits per heavy atom. The third kappa shape index (κ3) is 3.18. The number of carbonyl (C=O) groups excluding carboxylic acids is 1. The highest BCUT2D eigenvalue weighted by molar-refractivity contribution is 14.1. The second kappa shape index (κ2) is 6.20. The molecule has 0 aromatic heterocycles. The lowest BCUT2D eigenvalue weighted by Crippen LogP contribution is -2.31. The first kappa shape index (κ1) is 13.4. The predicted octanol–water partition coefficient (Wildman–Crippen LogP) is 2.32. The molecule has 1 aromatic carbocycles. The first-order valence-electron chi connectivity index (χ1n) is 5.07. The van der Waals surface area contributed by atoms with E-state index in [9.17, 15) is 4.79 Å². The fraction of sp³-hybridized carbons (Fsp3) is 0.417. The number of methoxy groups -OCH3 is 1. The van der Waals surface area contributed by atoms with Crippen LogP contribution in [0.1, 0.15) is 15.9 Å². The Bertz CT molecular complexity index is 359. The van der Waals surface area contributed by atoms with Crippen LogP contribution < -0.4 is 0 Å². The number of hydrogen-bond acceptors (Lipinski definition) is 2.